The monoisotopic (exact) mass is 326 g/mol. The third-order valence-electron chi connectivity index (χ3n) is 2.34. The molecular weight excluding hydrogens is 315 g/mol. The number of alkyl halides is 4. The number of carbonyl (C=O) groups excluding carboxylic acids is 2. The minimum Gasteiger partial charge on any atom is -0.459 e. The van der Waals surface area contributed by atoms with Crippen LogP contribution in [0.25, 0.3) is 0 Å². The number of rotatable bonds is 7. The molecule has 0 unspecified atom stereocenters. The zero-order chi connectivity index (χ0) is 16.8. The largest absolute Gasteiger partial charge is 0.459 e. The molecule has 0 fully saturated rings. The maximum absolute atomic E-state index is 13.2. The third-order valence-corrected chi connectivity index (χ3v) is 2.34. The van der Waals surface area contributed by atoms with E-state index in [1.807, 2.05) is 0 Å². The van der Waals surface area contributed by atoms with Crippen molar-refractivity contribution in [2.75, 3.05) is 6.61 Å². The molecule has 0 saturated heterocycles. The number of carbonyl (C=O) groups is 2. The fourth-order valence-electron chi connectivity index (χ4n) is 1.22. The Bertz CT molecular complexity index is 533. The van der Waals surface area contributed by atoms with Crippen molar-refractivity contribution in [3.05, 3.63) is 30.1 Å². The Labute approximate surface area is 121 Å². The molecule has 0 saturated carbocycles. The van der Waals surface area contributed by atoms with E-state index in [9.17, 15) is 31.5 Å². The average Bonchev–Trinajstić information content (AvgIpc) is 2.45. The predicted molar refractivity (Wildman–Crippen MR) is 63.2 cm³/mol. The third kappa shape index (κ3) is 5.66. The predicted octanol–water partition coefficient (Wildman–Crippen LogP) is 2.95. The first-order valence-electron chi connectivity index (χ1n) is 5.99. The zero-order valence-corrected chi connectivity index (χ0v) is 11.0. The molecule has 0 N–H and O–H groups in total. The van der Waals surface area contributed by atoms with E-state index in [0.717, 1.165) is 6.07 Å². The number of hydrogen-bond acceptors (Lipinski definition) is 4. The summed E-state index contributed by atoms with van der Waals surface area (Å²) in [5.74, 6) is -7.88. The normalized spacial score (nSPS) is 11.4. The van der Waals surface area contributed by atoms with Gasteiger partial charge in [-0.3, -0.25) is 9.59 Å². The lowest BCUT2D eigenvalue weighted by molar-refractivity contribution is -0.180. The lowest BCUT2D eigenvalue weighted by atomic mass is 10.3. The van der Waals surface area contributed by atoms with Crippen LogP contribution in [0.4, 0.5) is 22.0 Å². The first-order chi connectivity index (χ1) is 10.2. The van der Waals surface area contributed by atoms with E-state index in [0.29, 0.717) is 0 Å². The lowest BCUT2D eigenvalue weighted by Gasteiger charge is -2.14. The van der Waals surface area contributed by atoms with E-state index in [1.54, 1.807) is 0 Å². The van der Waals surface area contributed by atoms with Gasteiger partial charge in [-0.1, -0.05) is 12.1 Å². The fourth-order valence-corrected chi connectivity index (χ4v) is 1.22. The maximum atomic E-state index is 13.2. The van der Waals surface area contributed by atoms with Crippen molar-refractivity contribution in [3.63, 3.8) is 0 Å². The molecule has 0 aliphatic rings. The van der Waals surface area contributed by atoms with Gasteiger partial charge in [0.25, 0.3) is 0 Å². The standard InChI is InChI=1S/C13H11F5O4/c14-8-3-1-2-4-9(8)22-11(20)6-5-10(19)21-7-13(17,18)12(15)16/h1-4,12H,5-7H2. The highest BCUT2D eigenvalue weighted by Gasteiger charge is 2.42. The molecule has 0 aliphatic heterocycles. The molecule has 4 nitrogen and oxygen atoms in total. The van der Waals surface area contributed by atoms with Crippen LogP contribution in [0.5, 0.6) is 5.75 Å². The molecule has 0 aliphatic carbocycles. The summed E-state index contributed by atoms with van der Waals surface area (Å²) < 4.78 is 70.3. The summed E-state index contributed by atoms with van der Waals surface area (Å²) in [6.07, 6.45) is -5.20. The Hall–Kier alpha value is -2.19. The van der Waals surface area contributed by atoms with Crippen LogP contribution in [0.1, 0.15) is 12.8 Å². The SMILES string of the molecule is O=C(CCC(=O)Oc1ccccc1F)OCC(F)(F)C(F)F. The zero-order valence-electron chi connectivity index (χ0n) is 11.0. The van der Waals surface area contributed by atoms with Crippen LogP contribution in [0, 0.1) is 5.82 Å². The summed E-state index contributed by atoms with van der Waals surface area (Å²) >= 11 is 0. The van der Waals surface area contributed by atoms with Crippen molar-refractivity contribution in [1.29, 1.82) is 0 Å². The molecule has 1 rings (SSSR count). The molecule has 0 spiro atoms. The Balaban J connectivity index is 2.35. The highest BCUT2D eigenvalue weighted by molar-refractivity contribution is 5.79. The Morgan fingerprint density at radius 3 is 2.27 bits per heavy atom. The maximum Gasteiger partial charge on any atom is 0.340 e. The van der Waals surface area contributed by atoms with Crippen molar-refractivity contribution >= 4 is 11.9 Å². The van der Waals surface area contributed by atoms with Gasteiger partial charge in [-0.05, 0) is 12.1 Å². The van der Waals surface area contributed by atoms with Crippen molar-refractivity contribution in [2.24, 2.45) is 0 Å². The number of esters is 2. The van der Waals surface area contributed by atoms with Crippen LogP contribution < -0.4 is 4.74 Å². The van der Waals surface area contributed by atoms with Gasteiger partial charge in [0.05, 0.1) is 12.8 Å². The van der Waals surface area contributed by atoms with Crippen LogP contribution >= 0.6 is 0 Å². The molecule has 0 radical (unpaired) electrons. The minimum atomic E-state index is -4.46. The second-order valence-corrected chi connectivity index (χ2v) is 4.13. The Morgan fingerprint density at radius 1 is 1.09 bits per heavy atom. The highest BCUT2D eigenvalue weighted by atomic mass is 19.3. The first-order valence-corrected chi connectivity index (χ1v) is 5.99. The van der Waals surface area contributed by atoms with Gasteiger partial charge in [-0.15, -0.1) is 0 Å². The number of halogens is 5. The Kier molecular flexibility index (Phi) is 6.26. The molecule has 1 aromatic rings. The molecule has 1 aromatic carbocycles. The van der Waals surface area contributed by atoms with E-state index >= 15 is 0 Å². The molecular formula is C13H11F5O4. The summed E-state index contributed by atoms with van der Waals surface area (Å²) in [6, 6.07) is 5.00. The molecule has 0 amide bonds. The van der Waals surface area contributed by atoms with Crippen molar-refractivity contribution in [2.45, 2.75) is 25.2 Å². The van der Waals surface area contributed by atoms with Gasteiger partial charge in [0.1, 0.15) is 0 Å². The van der Waals surface area contributed by atoms with E-state index in [-0.39, 0.29) is 5.75 Å². The average molecular weight is 326 g/mol. The van der Waals surface area contributed by atoms with Gasteiger partial charge in [-0.2, -0.15) is 8.78 Å². The minimum absolute atomic E-state index is 0.356. The quantitative estimate of drug-likeness (QED) is 0.439. The number of benzene rings is 1. The fraction of sp³-hybridized carbons (Fsp3) is 0.385. The summed E-state index contributed by atoms with van der Waals surface area (Å²) in [4.78, 5) is 22.4. The summed E-state index contributed by atoms with van der Waals surface area (Å²) in [5.41, 5.74) is 0. The molecule has 0 aromatic heterocycles. The highest BCUT2D eigenvalue weighted by Crippen LogP contribution is 2.23. The number of ether oxygens (including phenoxy) is 2. The van der Waals surface area contributed by atoms with E-state index in [1.165, 1.54) is 18.2 Å². The number of para-hydroxylation sites is 1. The van der Waals surface area contributed by atoms with Gasteiger partial charge >= 0.3 is 24.3 Å². The molecule has 9 heteroatoms. The lowest BCUT2D eigenvalue weighted by Crippen LogP contribution is -2.33. The van der Waals surface area contributed by atoms with Crippen molar-refractivity contribution in [3.8, 4) is 5.75 Å². The van der Waals surface area contributed by atoms with Crippen LogP contribution in [0.15, 0.2) is 24.3 Å². The molecule has 0 heterocycles. The summed E-state index contributed by atoms with van der Waals surface area (Å²) in [6.45, 7) is -1.79. The molecule has 0 atom stereocenters. The second-order valence-electron chi connectivity index (χ2n) is 4.13. The van der Waals surface area contributed by atoms with Crippen LogP contribution in [0.2, 0.25) is 0 Å². The first kappa shape index (κ1) is 17.9. The molecule has 0 bridgehead atoms. The van der Waals surface area contributed by atoms with Crippen molar-refractivity contribution in [1.82, 2.24) is 0 Å². The molecule has 122 valence electrons. The topological polar surface area (TPSA) is 52.6 Å². The van der Waals surface area contributed by atoms with Crippen molar-refractivity contribution < 1.29 is 41.0 Å². The van der Waals surface area contributed by atoms with E-state index < -0.39 is 49.6 Å². The van der Waals surface area contributed by atoms with Gasteiger partial charge in [0.2, 0.25) is 0 Å². The summed E-state index contributed by atoms with van der Waals surface area (Å²) in [7, 11) is 0. The van der Waals surface area contributed by atoms with Crippen LogP contribution in [-0.4, -0.2) is 30.9 Å². The smallest absolute Gasteiger partial charge is 0.340 e. The van der Waals surface area contributed by atoms with Gasteiger partial charge in [0, 0.05) is 0 Å². The second kappa shape index (κ2) is 7.71. The van der Waals surface area contributed by atoms with Gasteiger partial charge in [0.15, 0.2) is 18.2 Å². The Morgan fingerprint density at radius 2 is 1.68 bits per heavy atom. The van der Waals surface area contributed by atoms with E-state index in [4.69, 9.17) is 0 Å². The summed E-state index contributed by atoms with van der Waals surface area (Å²) in [5, 5.41) is 0. The van der Waals surface area contributed by atoms with Crippen LogP contribution in [0.3, 0.4) is 0 Å². The van der Waals surface area contributed by atoms with Gasteiger partial charge in [-0.25, -0.2) is 13.2 Å². The van der Waals surface area contributed by atoms with Gasteiger partial charge < -0.3 is 9.47 Å². The van der Waals surface area contributed by atoms with Crippen LogP contribution in [-0.2, 0) is 14.3 Å². The van der Waals surface area contributed by atoms with E-state index in [2.05, 4.69) is 9.47 Å². The number of hydrogen-bond donors (Lipinski definition) is 0. The molecule has 22 heavy (non-hydrogen) atoms.